The second-order valence-corrected chi connectivity index (χ2v) is 23.7. The first-order valence-electron chi connectivity index (χ1n) is 30.8. The number of methoxy groups -OCH3 is 2. The molecule has 2 unspecified atom stereocenters. The number of anilines is 2. The number of hydrogen-bond donors (Lipinski definition) is 3. The number of alkyl halides is 3. The molecule has 2 aromatic heterocycles. The second kappa shape index (κ2) is 25.2. The number of carbonyl (C=O) groups is 5. The maximum absolute atomic E-state index is 14.5. The maximum Gasteiger partial charge on any atom is 0.471 e. The zero-order chi connectivity index (χ0) is 62.1. The molecule has 2 atom stereocenters. The molecule has 0 spiro atoms. The minimum absolute atomic E-state index is 0.00830. The number of aromatic amines is 2. The molecular weight excluding hydrogens is 1140 g/mol. The number of unbranched alkanes of at least 4 members (excludes halogenated alkanes) is 5. The molecule has 462 valence electrons. The minimum Gasteiger partial charge on any atom is -0.497 e. The van der Waals surface area contributed by atoms with Crippen molar-refractivity contribution in [3.63, 3.8) is 0 Å². The Morgan fingerprint density at radius 3 is 1.76 bits per heavy atom. The maximum atomic E-state index is 14.5. The van der Waals surface area contributed by atoms with Crippen molar-refractivity contribution in [2.45, 2.75) is 88.4 Å². The predicted molar refractivity (Wildman–Crippen MR) is 335 cm³/mol. The van der Waals surface area contributed by atoms with Crippen molar-refractivity contribution >= 4 is 62.7 Å². The molecule has 5 aromatic carbocycles. The lowest BCUT2D eigenvalue weighted by Crippen LogP contribution is -2.38. The summed E-state index contributed by atoms with van der Waals surface area (Å²) in [6.45, 7) is 2.46. The summed E-state index contributed by atoms with van der Waals surface area (Å²) in [5.74, 6) is -0.802. The summed E-state index contributed by atoms with van der Waals surface area (Å²) in [5, 5.41) is 5.27. The first-order chi connectivity index (χ1) is 43.1. The highest BCUT2D eigenvalue weighted by Gasteiger charge is 2.43. The van der Waals surface area contributed by atoms with Crippen LogP contribution in [-0.2, 0) is 37.6 Å². The molecule has 12 rings (SSSR count). The van der Waals surface area contributed by atoms with Gasteiger partial charge < -0.3 is 54.0 Å². The van der Waals surface area contributed by atoms with Crippen LogP contribution < -0.4 is 24.6 Å². The van der Waals surface area contributed by atoms with E-state index in [-0.39, 0.29) is 42.1 Å². The molecule has 3 N–H and O–H groups in total. The molecule has 0 saturated carbocycles. The molecule has 6 heterocycles. The van der Waals surface area contributed by atoms with Gasteiger partial charge in [0.1, 0.15) is 28.5 Å². The average molecular weight is 1210 g/mol. The molecule has 1 aliphatic carbocycles. The molecular formula is C70H73F3N8O8. The Labute approximate surface area is 514 Å². The number of ether oxygens (including phenoxy) is 3. The summed E-state index contributed by atoms with van der Waals surface area (Å²) in [6, 6.07) is 37.5. The SMILES string of the molecule is COc1ccc(C(OCCCCCC(=O)N2CCC3=C2C=CC2NC(C(=O)N4CCc5c4ccc4[nH]c(C(=O)N6CCc7c6ccc6[nH]c(C(=O)N(C)CCCCCCN(C)C(=O)C(F)(F)F)cc76)cc54)=CC32)(c2ccccc2)c2ccc(OC)cc2)cc1. The van der Waals surface area contributed by atoms with Crippen molar-refractivity contribution < 1.29 is 51.4 Å². The third-order valence-corrected chi connectivity index (χ3v) is 18.4. The van der Waals surface area contributed by atoms with Crippen LogP contribution in [0.2, 0.25) is 0 Å². The highest BCUT2D eigenvalue weighted by Crippen LogP contribution is 2.44. The first kappa shape index (κ1) is 60.2. The third-order valence-electron chi connectivity index (χ3n) is 18.4. The van der Waals surface area contributed by atoms with Gasteiger partial charge in [-0.25, -0.2) is 0 Å². The number of halogens is 3. The van der Waals surface area contributed by atoms with Crippen LogP contribution in [0, 0.1) is 5.92 Å². The summed E-state index contributed by atoms with van der Waals surface area (Å²) < 4.78 is 56.2. The molecule has 0 radical (unpaired) electrons. The standard InChI is InChI=1S/C70H73F3N8O8/c1-77(35-12-5-6-13-36-78(2)68(86)70(71,72)73)65(83)58-41-52-50-33-38-80(62(50)30-27-55(52)74-58)67(85)60-43-54-51-34-39-81(63(51)31-28-57(54)76-60)66(84)59-42-53-49-32-37-79(61(49)29-26-56(53)75-59)64(82)17-11-8-14-40-89-69(44-15-9-7-10-16-44,45-18-22-47(87-3)23-19-45)46-20-24-48(88-4)25-21-46/h7,9-10,15-16,18-31,41-43,53,56,74-76H,5-6,8,11-14,17,32-40H2,1-4H3. The Hall–Kier alpha value is -9.10. The molecule has 7 aromatic rings. The lowest BCUT2D eigenvalue weighted by Gasteiger charge is -2.36. The number of fused-ring (bicyclic) bond motifs is 8. The van der Waals surface area contributed by atoms with E-state index >= 15 is 0 Å². The molecule has 16 nitrogen and oxygen atoms in total. The predicted octanol–water partition coefficient (Wildman–Crippen LogP) is 11.5. The number of aromatic nitrogens is 2. The van der Waals surface area contributed by atoms with Gasteiger partial charge in [0, 0.05) is 105 Å². The average Bonchev–Trinajstić information content (AvgIpc) is 1.86. The molecule has 5 amide bonds. The van der Waals surface area contributed by atoms with Crippen molar-refractivity contribution in [2.75, 3.05) is 77.4 Å². The summed E-state index contributed by atoms with van der Waals surface area (Å²) in [5.41, 5.74) is 10.7. The van der Waals surface area contributed by atoms with Crippen molar-refractivity contribution in [1.29, 1.82) is 0 Å². The summed E-state index contributed by atoms with van der Waals surface area (Å²) in [4.78, 5) is 82.2. The lowest BCUT2D eigenvalue weighted by atomic mass is 9.80. The summed E-state index contributed by atoms with van der Waals surface area (Å²) >= 11 is 0. The summed E-state index contributed by atoms with van der Waals surface area (Å²) in [7, 11) is 6.17. The number of amides is 5. The fraction of sp³-hybridized carbons (Fsp3) is 0.357. The van der Waals surface area contributed by atoms with Gasteiger partial charge in [-0.3, -0.25) is 24.0 Å². The van der Waals surface area contributed by atoms with E-state index in [4.69, 9.17) is 14.2 Å². The lowest BCUT2D eigenvalue weighted by molar-refractivity contribution is -0.184. The largest absolute Gasteiger partial charge is 0.497 e. The summed E-state index contributed by atoms with van der Waals surface area (Å²) in [6.07, 6.45) is 8.29. The zero-order valence-corrected chi connectivity index (χ0v) is 50.5. The number of nitrogens with zero attached hydrogens (tertiary/aromatic N) is 5. The van der Waals surface area contributed by atoms with Crippen LogP contribution in [0.1, 0.15) is 107 Å². The van der Waals surface area contributed by atoms with E-state index in [9.17, 15) is 37.1 Å². The smallest absolute Gasteiger partial charge is 0.471 e. The molecule has 4 aliphatic heterocycles. The molecule has 0 saturated heterocycles. The first-order valence-corrected chi connectivity index (χ1v) is 30.8. The molecule has 0 bridgehead atoms. The zero-order valence-electron chi connectivity index (χ0n) is 50.5. The van der Waals surface area contributed by atoms with E-state index in [1.54, 1.807) is 31.1 Å². The number of carbonyl (C=O) groups excluding carboxylic acids is 5. The Morgan fingerprint density at radius 1 is 0.607 bits per heavy atom. The topological polar surface area (TPSA) is 173 Å². The van der Waals surface area contributed by atoms with Gasteiger partial charge in [-0.15, -0.1) is 0 Å². The van der Waals surface area contributed by atoms with Crippen LogP contribution in [0.25, 0.3) is 21.8 Å². The van der Waals surface area contributed by atoms with Crippen molar-refractivity contribution in [3.05, 3.63) is 190 Å². The van der Waals surface area contributed by atoms with Gasteiger partial charge in [-0.1, -0.05) is 79.9 Å². The van der Waals surface area contributed by atoms with E-state index in [0.29, 0.717) is 106 Å². The van der Waals surface area contributed by atoms with Crippen molar-refractivity contribution in [3.8, 4) is 11.5 Å². The fourth-order valence-electron chi connectivity index (χ4n) is 13.7. The fourth-order valence-corrected chi connectivity index (χ4v) is 13.7. The normalized spacial score (nSPS) is 16.8. The minimum atomic E-state index is -4.89. The molecule has 5 aliphatic rings. The van der Waals surface area contributed by atoms with Crippen molar-refractivity contribution in [2.24, 2.45) is 5.92 Å². The molecule has 19 heteroatoms. The number of rotatable bonds is 22. The number of benzene rings is 5. The van der Waals surface area contributed by atoms with Crippen LogP contribution in [-0.4, -0.2) is 134 Å². The van der Waals surface area contributed by atoms with Crippen LogP contribution in [0.15, 0.2) is 150 Å². The van der Waals surface area contributed by atoms with Crippen LogP contribution >= 0.6 is 0 Å². The van der Waals surface area contributed by atoms with E-state index < -0.39 is 17.7 Å². The van der Waals surface area contributed by atoms with E-state index in [2.05, 4.69) is 33.5 Å². The third kappa shape index (κ3) is 11.7. The van der Waals surface area contributed by atoms with Gasteiger partial charge in [0.25, 0.3) is 17.7 Å². The van der Waals surface area contributed by atoms with Gasteiger partial charge in [-0.05, 0) is 151 Å². The second-order valence-electron chi connectivity index (χ2n) is 23.7. The van der Waals surface area contributed by atoms with Crippen LogP contribution in [0.4, 0.5) is 24.5 Å². The number of nitrogens with one attached hydrogen (secondary N) is 3. The van der Waals surface area contributed by atoms with Gasteiger partial charge in [0.05, 0.1) is 26.0 Å². The van der Waals surface area contributed by atoms with E-state index in [0.717, 1.165) is 110 Å². The van der Waals surface area contributed by atoms with Gasteiger partial charge in [-0.2, -0.15) is 13.2 Å². The molecule has 89 heavy (non-hydrogen) atoms. The number of allylic oxidation sites excluding steroid dienone is 1. The van der Waals surface area contributed by atoms with Gasteiger partial charge >= 0.3 is 12.1 Å². The Bertz CT molecular complexity index is 3900. The monoisotopic (exact) mass is 1210 g/mol. The number of hydrogen-bond acceptors (Lipinski definition) is 9. The number of H-pyrrole nitrogens is 2. The van der Waals surface area contributed by atoms with Crippen LogP contribution in [0.5, 0.6) is 11.5 Å². The Balaban J connectivity index is 0.649. The quantitative estimate of drug-likeness (QED) is 0.0441. The molecule has 0 fully saturated rings. The van der Waals surface area contributed by atoms with Crippen LogP contribution in [0.3, 0.4) is 0 Å². The van der Waals surface area contributed by atoms with E-state index in [1.807, 2.05) is 125 Å². The van der Waals surface area contributed by atoms with Gasteiger partial charge in [0.15, 0.2) is 0 Å². The van der Waals surface area contributed by atoms with Crippen molar-refractivity contribution in [1.82, 2.24) is 30.0 Å². The Kier molecular flexibility index (Phi) is 17.0. The Morgan fingerprint density at radius 2 is 1.16 bits per heavy atom. The highest BCUT2D eigenvalue weighted by molar-refractivity contribution is 6.13. The van der Waals surface area contributed by atoms with Gasteiger partial charge in [0.2, 0.25) is 5.91 Å². The highest BCUT2D eigenvalue weighted by atomic mass is 19.4. The van der Waals surface area contributed by atoms with E-state index in [1.165, 1.54) is 0 Å².